The number of esters is 1. The van der Waals surface area contributed by atoms with E-state index in [9.17, 15) is 9.59 Å². The van der Waals surface area contributed by atoms with Crippen LogP contribution in [-0.2, 0) is 14.3 Å². The Labute approximate surface area is 198 Å². The van der Waals surface area contributed by atoms with Gasteiger partial charge in [0.1, 0.15) is 5.75 Å². The van der Waals surface area contributed by atoms with Crippen LogP contribution in [0.3, 0.4) is 0 Å². The van der Waals surface area contributed by atoms with Crippen molar-refractivity contribution in [3.63, 3.8) is 0 Å². The third-order valence-electron chi connectivity index (χ3n) is 6.13. The van der Waals surface area contributed by atoms with E-state index in [4.69, 9.17) is 9.47 Å². The monoisotopic (exact) mass is 470 g/mol. The van der Waals surface area contributed by atoms with Crippen LogP contribution in [0.1, 0.15) is 37.8 Å². The Morgan fingerprint density at radius 2 is 1.97 bits per heavy atom. The number of para-hydroxylation sites is 1. The van der Waals surface area contributed by atoms with Gasteiger partial charge in [-0.05, 0) is 44.3 Å². The molecule has 1 unspecified atom stereocenters. The highest BCUT2D eigenvalue weighted by Crippen LogP contribution is 2.46. The van der Waals surface area contributed by atoms with Crippen molar-refractivity contribution in [3.8, 4) is 5.75 Å². The summed E-state index contributed by atoms with van der Waals surface area (Å²) in [6.45, 7) is 5.51. The first kappa shape index (κ1) is 23.4. The predicted octanol–water partition coefficient (Wildman–Crippen LogP) is 3.05. The Balaban J connectivity index is 1.57. The normalized spacial score (nSPS) is 20.3. The molecule has 0 spiro atoms. The van der Waals surface area contributed by atoms with Crippen molar-refractivity contribution in [1.29, 1.82) is 0 Å². The zero-order valence-electron chi connectivity index (χ0n) is 19.3. The number of fused-ring (bicyclic) bond motifs is 1. The number of ether oxygens (including phenoxy) is 2. The number of likely N-dealkylation sites (tertiary alicyclic amines) is 1. The van der Waals surface area contributed by atoms with Gasteiger partial charge in [-0.1, -0.05) is 30.0 Å². The molecule has 0 saturated carbocycles. The molecule has 1 aromatic rings. The molecule has 0 aromatic heterocycles. The molecule has 0 bridgehead atoms. The molecular formula is C24H30N4O4S. The summed E-state index contributed by atoms with van der Waals surface area (Å²) in [7, 11) is 2.97. The second-order valence-electron chi connectivity index (χ2n) is 8.20. The van der Waals surface area contributed by atoms with Gasteiger partial charge >= 0.3 is 5.97 Å². The van der Waals surface area contributed by atoms with Crippen molar-refractivity contribution in [2.24, 2.45) is 4.99 Å². The van der Waals surface area contributed by atoms with Gasteiger partial charge in [-0.3, -0.25) is 4.79 Å². The average Bonchev–Trinajstić information content (AvgIpc) is 3.48. The van der Waals surface area contributed by atoms with Crippen LogP contribution < -0.4 is 10.1 Å². The van der Waals surface area contributed by atoms with Gasteiger partial charge in [0, 0.05) is 24.4 Å². The van der Waals surface area contributed by atoms with Gasteiger partial charge in [0.05, 0.1) is 38.0 Å². The van der Waals surface area contributed by atoms with Gasteiger partial charge in [0.25, 0.3) is 0 Å². The second kappa shape index (κ2) is 10.4. The highest BCUT2D eigenvalue weighted by Gasteiger charge is 2.42. The summed E-state index contributed by atoms with van der Waals surface area (Å²) in [6, 6.07) is 7.09. The van der Waals surface area contributed by atoms with Crippen LogP contribution in [0.15, 0.2) is 51.6 Å². The molecule has 1 aromatic carbocycles. The lowest BCUT2D eigenvalue weighted by molar-refractivity contribution is -0.136. The van der Waals surface area contributed by atoms with Crippen molar-refractivity contribution in [1.82, 2.24) is 15.1 Å². The largest absolute Gasteiger partial charge is 0.496 e. The topological polar surface area (TPSA) is 83.5 Å². The number of carbonyl (C=O) groups excluding carboxylic acids is 2. The molecule has 1 N–H and O–H groups in total. The van der Waals surface area contributed by atoms with Crippen molar-refractivity contribution < 1.29 is 19.1 Å². The molecule has 33 heavy (non-hydrogen) atoms. The summed E-state index contributed by atoms with van der Waals surface area (Å²) in [5.41, 5.74) is 2.65. The average molecular weight is 471 g/mol. The Morgan fingerprint density at radius 3 is 2.70 bits per heavy atom. The Hall–Kier alpha value is -2.78. The smallest absolute Gasteiger partial charge is 0.338 e. The first-order valence-electron chi connectivity index (χ1n) is 11.2. The van der Waals surface area contributed by atoms with E-state index >= 15 is 0 Å². The maximum absolute atomic E-state index is 12.8. The number of allylic oxidation sites excluding steroid dienone is 1. The molecule has 3 aliphatic rings. The van der Waals surface area contributed by atoms with Gasteiger partial charge in [-0.2, -0.15) is 0 Å². The number of carbonyl (C=O) groups is 2. The van der Waals surface area contributed by atoms with Crippen molar-refractivity contribution in [2.75, 3.05) is 40.4 Å². The fraction of sp³-hybridized carbons (Fsp3) is 0.458. The first-order valence-corrected chi connectivity index (χ1v) is 12.1. The van der Waals surface area contributed by atoms with Crippen LogP contribution in [0.25, 0.3) is 0 Å². The van der Waals surface area contributed by atoms with Crippen molar-refractivity contribution >= 4 is 28.8 Å². The number of nitrogens with zero attached hydrogens (tertiary/aromatic N) is 3. The standard InChI is InChI=1S/C24H30N4O4S/c1-16-21(23(30)32-3)22(18-8-4-5-9-19(18)31-2)28-17(15-33-24(28)26-16)14-20(29)25-10-13-27-11-6-7-12-27/h4-5,8-9,15,22H,6-7,10-14H2,1-3H3,(H,25,29). The van der Waals surface area contributed by atoms with Crippen LogP contribution >= 0.6 is 11.8 Å². The predicted molar refractivity (Wildman–Crippen MR) is 129 cm³/mol. The van der Waals surface area contributed by atoms with Crippen LogP contribution in [0.5, 0.6) is 5.75 Å². The summed E-state index contributed by atoms with van der Waals surface area (Å²) in [4.78, 5) is 34.6. The summed E-state index contributed by atoms with van der Waals surface area (Å²) < 4.78 is 10.7. The summed E-state index contributed by atoms with van der Waals surface area (Å²) in [6.07, 6.45) is 2.66. The quantitative estimate of drug-likeness (QED) is 0.585. The van der Waals surface area contributed by atoms with Crippen molar-refractivity contribution in [3.05, 3.63) is 52.2 Å². The molecule has 1 amide bonds. The summed E-state index contributed by atoms with van der Waals surface area (Å²) >= 11 is 1.46. The number of amides is 1. The molecule has 1 saturated heterocycles. The molecule has 1 atom stereocenters. The molecular weight excluding hydrogens is 440 g/mol. The number of nitrogens with one attached hydrogen (secondary N) is 1. The third-order valence-corrected chi connectivity index (χ3v) is 7.02. The number of benzene rings is 1. The zero-order valence-corrected chi connectivity index (χ0v) is 20.1. The summed E-state index contributed by atoms with van der Waals surface area (Å²) in [5.74, 6) is 0.161. The SMILES string of the molecule is COC(=O)C1=C(C)N=C2SC=C(CC(=O)NCCN3CCCC3)N2C1c1ccccc1OC. The van der Waals surface area contributed by atoms with Gasteiger partial charge < -0.3 is 24.6 Å². The van der Waals surface area contributed by atoms with E-state index in [0.29, 0.717) is 23.6 Å². The molecule has 3 heterocycles. The molecule has 9 heteroatoms. The second-order valence-corrected chi connectivity index (χ2v) is 9.04. The lowest BCUT2D eigenvalue weighted by Gasteiger charge is -2.36. The molecule has 3 aliphatic heterocycles. The number of aliphatic imine (C=N–C) groups is 1. The van der Waals surface area contributed by atoms with Gasteiger partial charge in [-0.15, -0.1) is 0 Å². The first-order chi connectivity index (χ1) is 16.0. The van der Waals surface area contributed by atoms with E-state index in [-0.39, 0.29) is 12.3 Å². The molecule has 0 aliphatic carbocycles. The number of amidine groups is 1. The fourth-order valence-electron chi connectivity index (χ4n) is 4.51. The number of hydrogen-bond acceptors (Lipinski definition) is 8. The third kappa shape index (κ3) is 4.94. The maximum Gasteiger partial charge on any atom is 0.338 e. The summed E-state index contributed by atoms with van der Waals surface area (Å²) in [5, 5.41) is 5.71. The van der Waals surface area contributed by atoms with E-state index in [0.717, 1.165) is 36.1 Å². The van der Waals surface area contributed by atoms with Crippen LogP contribution in [0.4, 0.5) is 0 Å². The molecule has 176 valence electrons. The molecule has 1 fully saturated rings. The van der Waals surface area contributed by atoms with E-state index < -0.39 is 12.0 Å². The number of methoxy groups -OCH3 is 2. The lowest BCUT2D eigenvalue weighted by atomic mass is 9.93. The van der Waals surface area contributed by atoms with E-state index in [2.05, 4.69) is 15.2 Å². The zero-order chi connectivity index (χ0) is 23.4. The lowest BCUT2D eigenvalue weighted by Crippen LogP contribution is -2.39. The van der Waals surface area contributed by atoms with Crippen LogP contribution in [-0.4, -0.2) is 67.2 Å². The minimum atomic E-state index is -0.500. The highest BCUT2D eigenvalue weighted by atomic mass is 32.2. The molecule has 4 rings (SSSR count). The minimum Gasteiger partial charge on any atom is -0.496 e. The van der Waals surface area contributed by atoms with E-state index in [1.165, 1.54) is 31.7 Å². The molecule has 0 radical (unpaired) electrons. The van der Waals surface area contributed by atoms with Gasteiger partial charge in [0.15, 0.2) is 5.17 Å². The minimum absolute atomic E-state index is 0.0491. The van der Waals surface area contributed by atoms with Gasteiger partial charge in [0.2, 0.25) is 5.91 Å². The Bertz CT molecular complexity index is 1010. The number of rotatable bonds is 8. The van der Waals surface area contributed by atoms with Crippen LogP contribution in [0, 0.1) is 0 Å². The maximum atomic E-state index is 12.8. The highest BCUT2D eigenvalue weighted by molar-refractivity contribution is 8.16. The molecule has 8 nitrogen and oxygen atoms in total. The Morgan fingerprint density at radius 1 is 1.21 bits per heavy atom. The van der Waals surface area contributed by atoms with Crippen LogP contribution in [0.2, 0.25) is 0 Å². The number of thioether (sulfide) groups is 1. The number of hydrogen-bond donors (Lipinski definition) is 1. The van der Waals surface area contributed by atoms with Gasteiger partial charge in [-0.25, -0.2) is 9.79 Å². The van der Waals surface area contributed by atoms with Crippen molar-refractivity contribution in [2.45, 2.75) is 32.2 Å². The van der Waals surface area contributed by atoms with E-state index in [1.54, 1.807) is 7.11 Å². The van der Waals surface area contributed by atoms with E-state index in [1.807, 2.05) is 41.5 Å². The Kier molecular flexibility index (Phi) is 7.39. The fourth-order valence-corrected chi connectivity index (χ4v) is 5.48.